The van der Waals surface area contributed by atoms with Gasteiger partial charge in [-0.05, 0) is 37.1 Å². The van der Waals surface area contributed by atoms with Crippen LogP contribution in [-0.2, 0) is 0 Å². The molecule has 3 heterocycles. The van der Waals surface area contributed by atoms with Crippen LogP contribution in [0.15, 0.2) is 41.9 Å². The number of hydrogen-bond acceptors (Lipinski definition) is 5. The van der Waals surface area contributed by atoms with Crippen molar-refractivity contribution in [3.8, 4) is 22.1 Å². The molecule has 1 N–H and O–H groups in total. The smallest absolute Gasteiger partial charge is 0.273 e. The Hall–Kier alpha value is -2.80. The van der Waals surface area contributed by atoms with Crippen molar-refractivity contribution in [1.29, 1.82) is 0 Å². The summed E-state index contributed by atoms with van der Waals surface area (Å²) in [5.41, 5.74) is 2.37. The van der Waals surface area contributed by atoms with Gasteiger partial charge in [0.2, 0.25) is 0 Å². The highest BCUT2D eigenvalue weighted by atomic mass is 32.1. The van der Waals surface area contributed by atoms with Crippen LogP contribution < -0.4 is 9.47 Å². The number of methoxy groups -OCH3 is 2. The van der Waals surface area contributed by atoms with Crippen LogP contribution in [0.2, 0.25) is 0 Å². The summed E-state index contributed by atoms with van der Waals surface area (Å²) in [4.78, 5) is 22.8. The molecule has 1 aliphatic heterocycles. The lowest BCUT2D eigenvalue weighted by Crippen LogP contribution is -2.30. The van der Waals surface area contributed by atoms with E-state index in [-0.39, 0.29) is 11.9 Å². The van der Waals surface area contributed by atoms with Gasteiger partial charge in [-0.2, -0.15) is 0 Å². The SMILES string of the molecule is COc1cccc(-c2nc(C(=O)N3CCCC3c3ccc[nH]3)cs2)c1OC. The largest absolute Gasteiger partial charge is 0.493 e. The third-order valence-corrected chi connectivity index (χ3v) is 5.73. The number of carbonyl (C=O) groups is 1. The van der Waals surface area contributed by atoms with Crippen molar-refractivity contribution < 1.29 is 14.3 Å². The molecule has 3 aromatic rings. The Morgan fingerprint density at radius 2 is 2.15 bits per heavy atom. The van der Waals surface area contributed by atoms with Crippen LogP contribution in [0.4, 0.5) is 0 Å². The lowest BCUT2D eigenvalue weighted by Gasteiger charge is -2.23. The molecule has 0 spiro atoms. The van der Waals surface area contributed by atoms with Crippen LogP contribution in [0.25, 0.3) is 10.6 Å². The number of ether oxygens (including phenoxy) is 2. The fraction of sp³-hybridized carbons (Fsp3) is 0.300. The van der Waals surface area contributed by atoms with Gasteiger partial charge in [0.25, 0.3) is 5.91 Å². The van der Waals surface area contributed by atoms with Crippen molar-refractivity contribution in [2.45, 2.75) is 18.9 Å². The van der Waals surface area contributed by atoms with Gasteiger partial charge in [-0.3, -0.25) is 4.79 Å². The van der Waals surface area contributed by atoms with Crippen LogP contribution >= 0.6 is 11.3 Å². The van der Waals surface area contributed by atoms with Crippen LogP contribution in [0, 0.1) is 0 Å². The van der Waals surface area contributed by atoms with Crippen LogP contribution in [-0.4, -0.2) is 41.5 Å². The number of carbonyl (C=O) groups excluding carboxylic acids is 1. The summed E-state index contributed by atoms with van der Waals surface area (Å²) in [6.07, 6.45) is 3.86. The highest BCUT2D eigenvalue weighted by Crippen LogP contribution is 2.39. The van der Waals surface area contributed by atoms with E-state index in [0.29, 0.717) is 17.2 Å². The van der Waals surface area contributed by atoms with E-state index in [1.54, 1.807) is 14.2 Å². The number of para-hydroxylation sites is 1. The van der Waals surface area contributed by atoms with E-state index in [2.05, 4.69) is 9.97 Å². The Bertz CT molecular complexity index is 936. The molecule has 27 heavy (non-hydrogen) atoms. The molecule has 0 radical (unpaired) electrons. The zero-order chi connectivity index (χ0) is 18.8. The van der Waals surface area contributed by atoms with E-state index in [0.717, 1.165) is 35.7 Å². The summed E-state index contributed by atoms with van der Waals surface area (Å²) in [6, 6.07) is 9.74. The Balaban J connectivity index is 1.62. The maximum atomic E-state index is 13.1. The minimum absolute atomic E-state index is 0.0311. The summed E-state index contributed by atoms with van der Waals surface area (Å²) in [6.45, 7) is 0.748. The molecule has 1 saturated heterocycles. The van der Waals surface area contributed by atoms with E-state index in [1.165, 1.54) is 11.3 Å². The number of rotatable bonds is 5. The molecule has 1 aromatic carbocycles. The number of nitrogens with one attached hydrogen (secondary N) is 1. The lowest BCUT2D eigenvalue weighted by atomic mass is 10.1. The van der Waals surface area contributed by atoms with E-state index in [9.17, 15) is 4.79 Å². The van der Waals surface area contributed by atoms with Crippen LogP contribution in [0.5, 0.6) is 11.5 Å². The summed E-state index contributed by atoms with van der Waals surface area (Å²) in [5.74, 6) is 1.24. The number of likely N-dealkylation sites (tertiary alicyclic amines) is 1. The van der Waals surface area contributed by atoms with Gasteiger partial charge >= 0.3 is 0 Å². The molecule has 0 aliphatic carbocycles. The maximum Gasteiger partial charge on any atom is 0.273 e. The minimum Gasteiger partial charge on any atom is -0.493 e. The average Bonchev–Trinajstić information content (AvgIpc) is 3.47. The zero-order valence-corrected chi connectivity index (χ0v) is 16.1. The Morgan fingerprint density at radius 3 is 2.89 bits per heavy atom. The van der Waals surface area contributed by atoms with Gasteiger partial charge in [0.1, 0.15) is 10.7 Å². The maximum absolute atomic E-state index is 13.1. The quantitative estimate of drug-likeness (QED) is 0.719. The molecule has 0 saturated carbocycles. The number of H-pyrrole nitrogens is 1. The second-order valence-corrected chi connectivity index (χ2v) is 7.22. The molecule has 2 aromatic heterocycles. The van der Waals surface area contributed by atoms with Gasteiger partial charge in [-0.25, -0.2) is 4.98 Å². The van der Waals surface area contributed by atoms with Crippen molar-refractivity contribution >= 4 is 17.2 Å². The summed E-state index contributed by atoms with van der Waals surface area (Å²) >= 11 is 1.44. The van der Waals surface area contributed by atoms with Crippen molar-refractivity contribution in [3.63, 3.8) is 0 Å². The first kappa shape index (κ1) is 17.6. The van der Waals surface area contributed by atoms with Gasteiger partial charge in [-0.15, -0.1) is 11.3 Å². The molecule has 7 heteroatoms. The average molecular weight is 383 g/mol. The first-order chi connectivity index (χ1) is 13.2. The molecule has 1 aliphatic rings. The number of benzene rings is 1. The normalized spacial score (nSPS) is 16.5. The van der Waals surface area contributed by atoms with Gasteiger partial charge in [0, 0.05) is 23.8 Å². The Morgan fingerprint density at radius 1 is 1.26 bits per heavy atom. The number of aromatic amines is 1. The summed E-state index contributed by atoms with van der Waals surface area (Å²) in [7, 11) is 3.21. The van der Waals surface area contributed by atoms with E-state index in [4.69, 9.17) is 9.47 Å². The Labute approximate surface area is 161 Å². The number of hydrogen-bond donors (Lipinski definition) is 1. The van der Waals surface area contributed by atoms with E-state index in [1.807, 2.05) is 46.8 Å². The molecular weight excluding hydrogens is 362 g/mol. The second-order valence-electron chi connectivity index (χ2n) is 6.36. The van der Waals surface area contributed by atoms with Crippen molar-refractivity contribution in [2.75, 3.05) is 20.8 Å². The van der Waals surface area contributed by atoms with Gasteiger partial charge in [-0.1, -0.05) is 6.07 Å². The third kappa shape index (κ3) is 3.19. The molecule has 1 fully saturated rings. The number of nitrogens with zero attached hydrogens (tertiary/aromatic N) is 2. The monoisotopic (exact) mass is 383 g/mol. The topological polar surface area (TPSA) is 67.5 Å². The predicted octanol–water partition coefficient (Wildman–Crippen LogP) is 4.13. The third-order valence-electron chi connectivity index (χ3n) is 4.85. The molecule has 1 unspecified atom stereocenters. The molecule has 1 amide bonds. The first-order valence-electron chi connectivity index (χ1n) is 8.84. The second kappa shape index (κ2) is 7.44. The van der Waals surface area contributed by atoms with Gasteiger partial charge < -0.3 is 19.4 Å². The standard InChI is InChI=1S/C20H21N3O3S/c1-25-17-9-3-6-13(18(17)26-2)19-22-15(12-27-19)20(24)23-11-5-8-16(23)14-7-4-10-21-14/h3-4,6-7,9-10,12,16,21H,5,8,11H2,1-2H3. The zero-order valence-electron chi connectivity index (χ0n) is 15.3. The molecule has 4 rings (SSSR count). The van der Waals surface area contributed by atoms with Crippen LogP contribution in [0.3, 0.4) is 0 Å². The van der Waals surface area contributed by atoms with Gasteiger partial charge in [0.05, 0.1) is 25.8 Å². The predicted molar refractivity (Wildman–Crippen MR) is 104 cm³/mol. The number of thiazole rings is 1. The first-order valence-corrected chi connectivity index (χ1v) is 9.72. The van der Waals surface area contributed by atoms with Crippen molar-refractivity contribution in [3.05, 3.63) is 53.3 Å². The number of aromatic nitrogens is 2. The Kier molecular flexibility index (Phi) is 4.85. The highest BCUT2D eigenvalue weighted by Gasteiger charge is 2.32. The summed E-state index contributed by atoms with van der Waals surface area (Å²) < 4.78 is 10.9. The fourth-order valence-corrected chi connectivity index (χ4v) is 4.40. The highest BCUT2D eigenvalue weighted by molar-refractivity contribution is 7.13. The molecule has 0 bridgehead atoms. The molecule has 6 nitrogen and oxygen atoms in total. The fourth-order valence-electron chi connectivity index (χ4n) is 3.58. The molecule has 1 atom stereocenters. The number of amides is 1. The van der Waals surface area contributed by atoms with Gasteiger partial charge in [0.15, 0.2) is 11.5 Å². The van der Waals surface area contributed by atoms with Crippen molar-refractivity contribution in [1.82, 2.24) is 14.9 Å². The minimum atomic E-state index is -0.0311. The van der Waals surface area contributed by atoms with Crippen molar-refractivity contribution in [2.24, 2.45) is 0 Å². The van der Waals surface area contributed by atoms with Crippen LogP contribution in [0.1, 0.15) is 35.1 Å². The molecular formula is C20H21N3O3S. The molecule has 140 valence electrons. The van der Waals surface area contributed by atoms with E-state index >= 15 is 0 Å². The van der Waals surface area contributed by atoms with E-state index < -0.39 is 0 Å². The lowest BCUT2D eigenvalue weighted by molar-refractivity contribution is 0.0728. The summed E-state index contributed by atoms with van der Waals surface area (Å²) in [5, 5.41) is 2.56.